The zero-order valence-electron chi connectivity index (χ0n) is 11.6. The molecular formula is C15H29N. The van der Waals surface area contributed by atoms with Gasteiger partial charge in [0.1, 0.15) is 0 Å². The van der Waals surface area contributed by atoms with Gasteiger partial charge in [-0.25, -0.2) is 0 Å². The van der Waals surface area contributed by atoms with Crippen molar-refractivity contribution in [1.82, 2.24) is 5.32 Å². The molecule has 0 aliphatic heterocycles. The van der Waals surface area contributed by atoms with Gasteiger partial charge in [0.15, 0.2) is 0 Å². The Labute approximate surface area is 101 Å². The van der Waals surface area contributed by atoms with Gasteiger partial charge in [0, 0.05) is 6.04 Å². The normalized spacial score (nSPS) is 35.6. The van der Waals surface area contributed by atoms with Crippen molar-refractivity contribution in [2.45, 2.75) is 65.3 Å². The standard InChI is InChI=1S/C15H29N/c1-15(2,3)14(16-4)8-7-13-10-11-5-6-12(13)9-11/h11-14,16H,5-10H2,1-4H3. The maximum absolute atomic E-state index is 3.51. The van der Waals surface area contributed by atoms with Gasteiger partial charge in [0.25, 0.3) is 0 Å². The van der Waals surface area contributed by atoms with Crippen LogP contribution in [-0.2, 0) is 0 Å². The summed E-state index contributed by atoms with van der Waals surface area (Å²) in [5, 5.41) is 3.51. The Morgan fingerprint density at radius 2 is 1.94 bits per heavy atom. The van der Waals surface area contributed by atoms with Gasteiger partial charge in [-0.15, -0.1) is 0 Å². The van der Waals surface area contributed by atoms with Gasteiger partial charge in [0.05, 0.1) is 0 Å². The third kappa shape index (κ3) is 2.61. The molecule has 0 aromatic carbocycles. The van der Waals surface area contributed by atoms with Crippen molar-refractivity contribution < 1.29 is 0 Å². The molecule has 16 heavy (non-hydrogen) atoms. The van der Waals surface area contributed by atoms with Crippen molar-refractivity contribution in [3.63, 3.8) is 0 Å². The van der Waals surface area contributed by atoms with Crippen LogP contribution >= 0.6 is 0 Å². The second kappa shape index (κ2) is 4.68. The first-order valence-corrected chi connectivity index (χ1v) is 7.18. The highest BCUT2D eigenvalue weighted by atomic mass is 14.9. The summed E-state index contributed by atoms with van der Waals surface area (Å²) in [4.78, 5) is 0. The molecule has 2 aliphatic carbocycles. The van der Waals surface area contributed by atoms with E-state index in [-0.39, 0.29) is 0 Å². The first-order valence-electron chi connectivity index (χ1n) is 7.18. The van der Waals surface area contributed by atoms with E-state index in [0.717, 1.165) is 17.8 Å². The van der Waals surface area contributed by atoms with Crippen LogP contribution < -0.4 is 5.32 Å². The summed E-state index contributed by atoms with van der Waals surface area (Å²) in [6.45, 7) is 7.07. The van der Waals surface area contributed by atoms with E-state index in [2.05, 4.69) is 33.1 Å². The molecule has 2 rings (SSSR count). The monoisotopic (exact) mass is 223 g/mol. The van der Waals surface area contributed by atoms with E-state index in [1.807, 2.05) is 0 Å². The molecule has 1 heteroatoms. The fraction of sp³-hybridized carbons (Fsp3) is 1.00. The molecular weight excluding hydrogens is 194 g/mol. The Bertz CT molecular complexity index is 228. The lowest BCUT2D eigenvalue weighted by Crippen LogP contribution is -2.38. The van der Waals surface area contributed by atoms with Crippen LogP contribution in [0, 0.1) is 23.2 Å². The minimum atomic E-state index is 0.409. The highest BCUT2D eigenvalue weighted by molar-refractivity contribution is 4.91. The fourth-order valence-electron chi connectivity index (χ4n) is 4.12. The summed E-state index contributed by atoms with van der Waals surface area (Å²) >= 11 is 0. The Balaban J connectivity index is 1.78. The van der Waals surface area contributed by atoms with E-state index in [0.29, 0.717) is 11.5 Å². The Morgan fingerprint density at radius 3 is 2.38 bits per heavy atom. The van der Waals surface area contributed by atoms with E-state index in [4.69, 9.17) is 0 Å². The van der Waals surface area contributed by atoms with Gasteiger partial charge < -0.3 is 5.32 Å². The summed E-state index contributed by atoms with van der Waals surface area (Å²) in [5.74, 6) is 3.28. The molecule has 2 aliphatic rings. The summed E-state index contributed by atoms with van der Waals surface area (Å²) < 4.78 is 0. The topological polar surface area (TPSA) is 12.0 Å². The molecule has 0 spiro atoms. The van der Waals surface area contributed by atoms with E-state index >= 15 is 0 Å². The maximum Gasteiger partial charge on any atom is 0.0113 e. The summed E-state index contributed by atoms with van der Waals surface area (Å²) in [7, 11) is 2.12. The van der Waals surface area contributed by atoms with Gasteiger partial charge in [0.2, 0.25) is 0 Å². The summed E-state index contributed by atoms with van der Waals surface area (Å²) in [5.41, 5.74) is 0.409. The average molecular weight is 223 g/mol. The smallest absolute Gasteiger partial charge is 0.0113 e. The van der Waals surface area contributed by atoms with Crippen LogP contribution in [0.15, 0.2) is 0 Å². The molecule has 1 nitrogen and oxygen atoms in total. The maximum atomic E-state index is 3.51. The summed E-state index contributed by atoms with van der Waals surface area (Å²) in [6.07, 6.45) is 9.01. The fourth-order valence-corrected chi connectivity index (χ4v) is 4.12. The van der Waals surface area contributed by atoms with Gasteiger partial charge in [-0.05, 0) is 62.3 Å². The van der Waals surface area contributed by atoms with E-state index < -0.39 is 0 Å². The average Bonchev–Trinajstić information content (AvgIpc) is 2.77. The molecule has 2 saturated carbocycles. The lowest BCUT2D eigenvalue weighted by atomic mass is 9.79. The van der Waals surface area contributed by atoms with E-state index in [1.165, 1.54) is 25.7 Å². The molecule has 0 amide bonds. The van der Waals surface area contributed by atoms with Crippen LogP contribution in [-0.4, -0.2) is 13.1 Å². The SMILES string of the molecule is CNC(CCC1CC2CCC1C2)C(C)(C)C. The molecule has 4 unspecified atom stereocenters. The second-order valence-electron chi connectivity index (χ2n) is 7.22. The Morgan fingerprint density at radius 1 is 1.19 bits per heavy atom. The molecule has 1 N–H and O–H groups in total. The van der Waals surface area contributed by atoms with Gasteiger partial charge >= 0.3 is 0 Å². The third-order valence-corrected chi connectivity index (χ3v) is 5.10. The Kier molecular flexibility index (Phi) is 3.63. The highest BCUT2D eigenvalue weighted by Gasteiger charge is 2.39. The predicted molar refractivity (Wildman–Crippen MR) is 70.5 cm³/mol. The molecule has 0 aromatic rings. The first-order chi connectivity index (χ1) is 7.50. The summed E-state index contributed by atoms with van der Waals surface area (Å²) in [6, 6.07) is 0.687. The third-order valence-electron chi connectivity index (χ3n) is 5.10. The van der Waals surface area contributed by atoms with E-state index in [9.17, 15) is 0 Å². The first kappa shape index (κ1) is 12.4. The van der Waals surface area contributed by atoms with E-state index in [1.54, 1.807) is 12.8 Å². The number of hydrogen-bond acceptors (Lipinski definition) is 1. The van der Waals surface area contributed by atoms with Crippen LogP contribution in [0.2, 0.25) is 0 Å². The van der Waals surface area contributed by atoms with Crippen molar-refractivity contribution in [2.24, 2.45) is 23.2 Å². The second-order valence-corrected chi connectivity index (χ2v) is 7.22. The number of rotatable bonds is 4. The largest absolute Gasteiger partial charge is 0.316 e. The van der Waals surface area contributed by atoms with Crippen LogP contribution in [0.25, 0.3) is 0 Å². The zero-order chi connectivity index (χ0) is 11.8. The molecule has 0 radical (unpaired) electrons. The van der Waals surface area contributed by atoms with Crippen molar-refractivity contribution >= 4 is 0 Å². The number of fused-ring (bicyclic) bond motifs is 2. The van der Waals surface area contributed by atoms with Gasteiger partial charge in [-0.2, -0.15) is 0 Å². The molecule has 2 bridgehead atoms. The number of nitrogens with one attached hydrogen (secondary N) is 1. The van der Waals surface area contributed by atoms with Crippen molar-refractivity contribution in [3.05, 3.63) is 0 Å². The lowest BCUT2D eigenvalue weighted by Gasteiger charge is -2.32. The van der Waals surface area contributed by atoms with Crippen LogP contribution in [0.1, 0.15) is 59.3 Å². The lowest BCUT2D eigenvalue weighted by molar-refractivity contribution is 0.228. The number of hydrogen-bond donors (Lipinski definition) is 1. The molecule has 0 saturated heterocycles. The van der Waals surface area contributed by atoms with Crippen LogP contribution in [0.5, 0.6) is 0 Å². The molecule has 2 fully saturated rings. The van der Waals surface area contributed by atoms with Crippen molar-refractivity contribution in [3.8, 4) is 0 Å². The van der Waals surface area contributed by atoms with Gasteiger partial charge in [-0.1, -0.05) is 27.2 Å². The van der Waals surface area contributed by atoms with Crippen molar-refractivity contribution in [2.75, 3.05) is 7.05 Å². The highest BCUT2D eigenvalue weighted by Crippen LogP contribution is 2.50. The quantitative estimate of drug-likeness (QED) is 0.763. The van der Waals surface area contributed by atoms with Crippen LogP contribution in [0.4, 0.5) is 0 Å². The Hall–Kier alpha value is -0.0400. The van der Waals surface area contributed by atoms with Gasteiger partial charge in [-0.3, -0.25) is 0 Å². The molecule has 0 aromatic heterocycles. The predicted octanol–water partition coefficient (Wildman–Crippen LogP) is 3.84. The molecule has 4 atom stereocenters. The molecule has 94 valence electrons. The minimum Gasteiger partial charge on any atom is -0.316 e. The minimum absolute atomic E-state index is 0.409. The van der Waals surface area contributed by atoms with Crippen LogP contribution in [0.3, 0.4) is 0 Å². The zero-order valence-corrected chi connectivity index (χ0v) is 11.6. The van der Waals surface area contributed by atoms with Crippen molar-refractivity contribution in [1.29, 1.82) is 0 Å². The molecule has 0 heterocycles.